The van der Waals surface area contributed by atoms with Crippen molar-refractivity contribution in [1.29, 1.82) is 0 Å². The number of hydrogen-bond acceptors (Lipinski definition) is 5. The molecule has 1 amide bonds. The normalized spacial score (nSPS) is 18.9. The number of halogens is 2. The third-order valence-corrected chi connectivity index (χ3v) is 6.10. The Morgan fingerprint density at radius 3 is 2.83 bits per heavy atom. The maximum atomic E-state index is 14.8. The Labute approximate surface area is 177 Å². The highest BCUT2D eigenvalue weighted by molar-refractivity contribution is 6.31. The summed E-state index contributed by atoms with van der Waals surface area (Å²) in [6, 6.07) is 8.78. The fourth-order valence-electron chi connectivity index (χ4n) is 4.03. The fourth-order valence-corrected chi connectivity index (χ4v) is 4.23. The van der Waals surface area contributed by atoms with Gasteiger partial charge in [-0.15, -0.1) is 0 Å². The number of nitrogens with zero attached hydrogens (tertiary/aromatic N) is 2. The minimum atomic E-state index is -0.696. The van der Waals surface area contributed by atoms with E-state index in [2.05, 4.69) is 15.5 Å². The topological polar surface area (TPSA) is 94.0 Å². The zero-order valence-electron chi connectivity index (χ0n) is 16.3. The van der Waals surface area contributed by atoms with E-state index < -0.39 is 11.4 Å². The molecule has 0 saturated heterocycles. The van der Waals surface area contributed by atoms with Crippen LogP contribution in [0.15, 0.2) is 34.9 Å². The van der Waals surface area contributed by atoms with E-state index >= 15 is 0 Å². The van der Waals surface area contributed by atoms with Gasteiger partial charge in [0.05, 0.1) is 17.1 Å². The largest absolute Gasteiger partial charge is 0.348 e. The molecule has 0 spiro atoms. The van der Waals surface area contributed by atoms with Gasteiger partial charge in [0.15, 0.2) is 0 Å². The summed E-state index contributed by atoms with van der Waals surface area (Å²) in [5, 5.41) is 7.24. The molecule has 5 rings (SSSR count). The van der Waals surface area contributed by atoms with E-state index in [-0.39, 0.29) is 28.4 Å². The first-order valence-electron chi connectivity index (χ1n) is 9.87. The Kier molecular flexibility index (Phi) is 4.41. The molecule has 3 N–H and O–H groups in total. The maximum Gasteiger partial charge on any atom is 0.240 e. The summed E-state index contributed by atoms with van der Waals surface area (Å²) >= 11 is 6.15. The molecule has 1 heterocycles. The summed E-state index contributed by atoms with van der Waals surface area (Å²) in [6.07, 6.45) is 3.08. The lowest BCUT2D eigenvalue weighted by Gasteiger charge is -2.17. The van der Waals surface area contributed by atoms with Gasteiger partial charge < -0.3 is 15.6 Å². The summed E-state index contributed by atoms with van der Waals surface area (Å²) in [4.78, 5) is 16.5. The van der Waals surface area contributed by atoms with Crippen molar-refractivity contribution < 1.29 is 13.7 Å². The SMILES string of the molecule is Cc1nc(-c2c(F)cc(Cl)cc2-c2ccc3c(c2)CC[C@@H]3NC(=O)C2(N)CC2)no1. The summed E-state index contributed by atoms with van der Waals surface area (Å²) in [7, 11) is 0. The third-order valence-electron chi connectivity index (χ3n) is 5.88. The summed E-state index contributed by atoms with van der Waals surface area (Å²) in [5.74, 6) is -0.0659. The first-order chi connectivity index (χ1) is 14.3. The molecule has 1 saturated carbocycles. The number of amides is 1. The van der Waals surface area contributed by atoms with Gasteiger partial charge in [-0.3, -0.25) is 4.79 Å². The number of fused-ring (bicyclic) bond motifs is 1. The lowest BCUT2D eigenvalue weighted by atomic mass is 9.95. The number of benzene rings is 2. The Hall–Kier alpha value is -2.77. The molecule has 2 aromatic carbocycles. The molecular weight excluding hydrogens is 407 g/mol. The average Bonchev–Trinajstić information content (AvgIpc) is 3.13. The molecule has 3 aromatic rings. The van der Waals surface area contributed by atoms with Crippen LogP contribution in [0.25, 0.3) is 22.5 Å². The molecule has 0 bridgehead atoms. The molecule has 0 unspecified atom stereocenters. The van der Waals surface area contributed by atoms with Crippen molar-refractivity contribution in [2.24, 2.45) is 5.73 Å². The molecule has 8 heteroatoms. The number of aryl methyl sites for hydroxylation is 2. The minimum Gasteiger partial charge on any atom is -0.348 e. The van der Waals surface area contributed by atoms with Gasteiger partial charge in [0, 0.05) is 11.9 Å². The molecule has 1 fully saturated rings. The number of carbonyl (C=O) groups excluding carboxylic acids is 1. The molecule has 30 heavy (non-hydrogen) atoms. The van der Waals surface area contributed by atoms with Crippen LogP contribution < -0.4 is 11.1 Å². The van der Waals surface area contributed by atoms with Crippen molar-refractivity contribution in [2.45, 2.75) is 44.2 Å². The molecule has 154 valence electrons. The number of aromatic nitrogens is 2. The van der Waals surface area contributed by atoms with Gasteiger partial charge in [-0.25, -0.2) is 4.39 Å². The minimum absolute atomic E-state index is 0.0574. The Morgan fingerprint density at radius 2 is 2.13 bits per heavy atom. The molecule has 2 aliphatic carbocycles. The average molecular weight is 427 g/mol. The van der Waals surface area contributed by atoms with E-state index in [9.17, 15) is 9.18 Å². The van der Waals surface area contributed by atoms with Crippen LogP contribution in [0.5, 0.6) is 0 Å². The second-order valence-corrected chi connectivity index (χ2v) is 8.52. The van der Waals surface area contributed by atoms with Crippen molar-refractivity contribution in [3.05, 3.63) is 58.2 Å². The number of nitrogens with two attached hydrogens (primary N) is 1. The van der Waals surface area contributed by atoms with Gasteiger partial charge >= 0.3 is 0 Å². The van der Waals surface area contributed by atoms with E-state index in [0.717, 1.165) is 42.4 Å². The highest BCUT2D eigenvalue weighted by atomic mass is 35.5. The van der Waals surface area contributed by atoms with Crippen molar-refractivity contribution in [3.63, 3.8) is 0 Å². The van der Waals surface area contributed by atoms with Gasteiger partial charge in [0.2, 0.25) is 17.6 Å². The quantitative estimate of drug-likeness (QED) is 0.655. The van der Waals surface area contributed by atoms with Crippen LogP contribution in [-0.4, -0.2) is 21.6 Å². The molecular formula is C22H20ClFN4O2. The molecule has 1 aromatic heterocycles. The summed E-state index contributed by atoms with van der Waals surface area (Å²) in [5.41, 5.74) is 9.13. The van der Waals surface area contributed by atoms with Crippen LogP contribution in [-0.2, 0) is 11.2 Å². The lowest BCUT2D eigenvalue weighted by molar-refractivity contribution is -0.124. The van der Waals surface area contributed by atoms with E-state index in [1.165, 1.54) is 6.07 Å². The standard InChI is InChI=1S/C22H20ClFN4O2/c1-11-26-20(28-30-11)19-16(9-14(23)10-17(19)24)13-2-4-15-12(8-13)3-5-18(15)27-21(29)22(25)6-7-22/h2,4,8-10,18H,3,5-7,25H2,1H3,(H,27,29)/t18-/m0/s1. The highest BCUT2D eigenvalue weighted by Crippen LogP contribution is 2.40. The first kappa shape index (κ1) is 19.2. The van der Waals surface area contributed by atoms with E-state index in [0.29, 0.717) is 11.5 Å². The molecule has 6 nitrogen and oxygen atoms in total. The van der Waals surface area contributed by atoms with E-state index in [4.69, 9.17) is 21.9 Å². The Balaban J connectivity index is 1.52. The van der Waals surface area contributed by atoms with Gasteiger partial charge in [-0.2, -0.15) is 4.98 Å². The second-order valence-electron chi connectivity index (χ2n) is 8.08. The Bertz CT molecular complexity index is 1170. The van der Waals surface area contributed by atoms with Crippen LogP contribution >= 0.6 is 11.6 Å². The van der Waals surface area contributed by atoms with Crippen LogP contribution in [0, 0.1) is 12.7 Å². The van der Waals surface area contributed by atoms with Crippen LogP contribution in [0.2, 0.25) is 5.02 Å². The monoisotopic (exact) mass is 426 g/mol. The van der Waals surface area contributed by atoms with Crippen molar-refractivity contribution >= 4 is 17.5 Å². The fraction of sp³-hybridized carbons (Fsp3) is 0.318. The van der Waals surface area contributed by atoms with Gasteiger partial charge in [0.1, 0.15) is 5.82 Å². The number of hydrogen-bond donors (Lipinski definition) is 2. The third kappa shape index (κ3) is 3.28. The van der Waals surface area contributed by atoms with Gasteiger partial charge in [-0.05, 0) is 60.1 Å². The molecule has 0 aliphatic heterocycles. The van der Waals surface area contributed by atoms with E-state index in [1.54, 1.807) is 13.0 Å². The number of rotatable bonds is 4. The smallest absolute Gasteiger partial charge is 0.240 e. The highest BCUT2D eigenvalue weighted by Gasteiger charge is 2.46. The van der Waals surface area contributed by atoms with Crippen molar-refractivity contribution in [3.8, 4) is 22.5 Å². The zero-order chi connectivity index (χ0) is 21.0. The van der Waals surface area contributed by atoms with Crippen LogP contribution in [0.1, 0.15) is 42.3 Å². The van der Waals surface area contributed by atoms with Crippen molar-refractivity contribution in [2.75, 3.05) is 0 Å². The number of carbonyl (C=O) groups is 1. The predicted molar refractivity (Wildman–Crippen MR) is 110 cm³/mol. The lowest BCUT2D eigenvalue weighted by Crippen LogP contribution is -2.43. The Morgan fingerprint density at radius 1 is 1.33 bits per heavy atom. The first-order valence-corrected chi connectivity index (χ1v) is 10.2. The zero-order valence-corrected chi connectivity index (χ0v) is 17.1. The van der Waals surface area contributed by atoms with E-state index in [1.807, 2.05) is 18.2 Å². The van der Waals surface area contributed by atoms with Gasteiger partial charge in [-0.1, -0.05) is 35.0 Å². The second kappa shape index (κ2) is 6.89. The number of nitrogens with one attached hydrogen (secondary N) is 1. The summed E-state index contributed by atoms with van der Waals surface area (Å²) in [6.45, 7) is 1.65. The molecule has 1 atom stereocenters. The van der Waals surface area contributed by atoms with Crippen LogP contribution in [0.4, 0.5) is 4.39 Å². The predicted octanol–water partition coefficient (Wildman–Crippen LogP) is 4.10. The molecule has 2 aliphatic rings. The van der Waals surface area contributed by atoms with Crippen molar-refractivity contribution in [1.82, 2.24) is 15.5 Å². The maximum absolute atomic E-state index is 14.8. The van der Waals surface area contributed by atoms with Crippen LogP contribution in [0.3, 0.4) is 0 Å². The van der Waals surface area contributed by atoms with Gasteiger partial charge in [0.25, 0.3) is 0 Å². The molecule has 0 radical (unpaired) electrons. The summed E-state index contributed by atoms with van der Waals surface area (Å²) < 4.78 is 19.9.